The van der Waals surface area contributed by atoms with Crippen LogP contribution in [0, 0.1) is 4.77 Å². The molecule has 0 atom stereocenters. The molecule has 0 fully saturated rings. The predicted molar refractivity (Wildman–Crippen MR) is 40.5 cm³/mol. The third-order valence-electron chi connectivity index (χ3n) is 1.54. The molecule has 0 aromatic carbocycles. The molecule has 1 aliphatic heterocycles. The first-order chi connectivity index (χ1) is 4.86. The molecule has 0 amide bonds. The highest BCUT2D eigenvalue weighted by molar-refractivity contribution is 7.71. The van der Waals surface area contributed by atoms with Gasteiger partial charge in [-0.25, -0.2) is 0 Å². The summed E-state index contributed by atoms with van der Waals surface area (Å²) in [5.41, 5.74) is 0. The van der Waals surface area contributed by atoms with E-state index >= 15 is 0 Å². The Hall–Kier alpha value is -0.840. The van der Waals surface area contributed by atoms with E-state index in [4.69, 9.17) is 12.2 Å². The van der Waals surface area contributed by atoms with Crippen LogP contribution in [0.1, 0.15) is 6.42 Å². The molecular formula is C5H8N4S. The number of hydrogen-bond acceptors (Lipinski definition) is 3. The Bertz CT molecular complexity index is 260. The van der Waals surface area contributed by atoms with Crippen LogP contribution in [0.15, 0.2) is 0 Å². The molecule has 0 radical (unpaired) electrons. The highest BCUT2D eigenvalue weighted by atomic mass is 32.1. The molecule has 1 aromatic rings. The maximum absolute atomic E-state index is 4.85. The van der Waals surface area contributed by atoms with Gasteiger partial charge in [0.15, 0.2) is 0 Å². The fourth-order valence-electron chi connectivity index (χ4n) is 1.08. The molecule has 0 saturated heterocycles. The van der Waals surface area contributed by atoms with Gasteiger partial charge in [0.2, 0.25) is 10.7 Å². The van der Waals surface area contributed by atoms with Gasteiger partial charge >= 0.3 is 0 Å². The number of aromatic amines is 1. The molecule has 5 heteroatoms. The quantitative estimate of drug-likeness (QED) is 0.545. The number of H-pyrrole nitrogens is 1. The van der Waals surface area contributed by atoms with Crippen molar-refractivity contribution in [2.45, 2.75) is 13.0 Å². The normalized spacial score (nSPS) is 16.0. The van der Waals surface area contributed by atoms with E-state index in [1.165, 1.54) is 0 Å². The van der Waals surface area contributed by atoms with Crippen molar-refractivity contribution in [3.8, 4) is 0 Å². The number of anilines is 1. The van der Waals surface area contributed by atoms with Crippen LogP contribution in [0.25, 0.3) is 0 Å². The monoisotopic (exact) mass is 156 g/mol. The molecule has 4 nitrogen and oxygen atoms in total. The molecule has 10 heavy (non-hydrogen) atoms. The van der Waals surface area contributed by atoms with E-state index in [-0.39, 0.29) is 0 Å². The minimum atomic E-state index is 0.560. The molecule has 0 saturated carbocycles. The molecule has 0 aliphatic carbocycles. The van der Waals surface area contributed by atoms with Crippen molar-refractivity contribution in [2.75, 3.05) is 11.9 Å². The number of fused-ring (bicyclic) bond motifs is 1. The van der Waals surface area contributed by atoms with Crippen molar-refractivity contribution in [1.82, 2.24) is 14.8 Å². The van der Waals surface area contributed by atoms with Crippen molar-refractivity contribution in [1.29, 1.82) is 0 Å². The van der Waals surface area contributed by atoms with Crippen molar-refractivity contribution >= 4 is 18.2 Å². The van der Waals surface area contributed by atoms with Crippen LogP contribution in [0.2, 0.25) is 0 Å². The fourth-order valence-corrected chi connectivity index (χ4v) is 1.28. The lowest BCUT2D eigenvalue weighted by Gasteiger charge is -2.13. The topological polar surface area (TPSA) is 45.6 Å². The Labute approximate surface area is 63.3 Å². The van der Waals surface area contributed by atoms with Gasteiger partial charge in [-0.2, -0.15) is 4.98 Å². The highest BCUT2D eigenvalue weighted by Crippen LogP contribution is 2.07. The Morgan fingerprint density at radius 1 is 1.60 bits per heavy atom. The summed E-state index contributed by atoms with van der Waals surface area (Å²) in [5.74, 6) is 0.872. The summed E-state index contributed by atoms with van der Waals surface area (Å²) in [7, 11) is 0. The Balaban J connectivity index is 2.50. The van der Waals surface area contributed by atoms with Gasteiger partial charge in [-0.1, -0.05) is 0 Å². The van der Waals surface area contributed by atoms with Crippen LogP contribution in [0.5, 0.6) is 0 Å². The molecule has 2 rings (SSSR count). The van der Waals surface area contributed by atoms with Crippen molar-refractivity contribution in [3.05, 3.63) is 4.77 Å². The molecule has 1 aromatic heterocycles. The summed E-state index contributed by atoms with van der Waals surface area (Å²) in [6.07, 6.45) is 1.13. The summed E-state index contributed by atoms with van der Waals surface area (Å²) in [4.78, 5) is 4.06. The molecule has 2 heterocycles. The second-order valence-corrected chi connectivity index (χ2v) is 2.67. The van der Waals surface area contributed by atoms with Gasteiger partial charge in [0.1, 0.15) is 0 Å². The summed E-state index contributed by atoms with van der Waals surface area (Å²) in [6, 6.07) is 0. The number of aryl methyl sites for hydroxylation is 1. The first-order valence-corrected chi connectivity index (χ1v) is 3.68. The number of nitrogens with zero attached hydrogens (tertiary/aromatic N) is 2. The second-order valence-electron chi connectivity index (χ2n) is 2.28. The molecule has 54 valence electrons. The zero-order valence-corrected chi connectivity index (χ0v) is 6.24. The van der Waals surface area contributed by atoms with E-state index in [0.29, 0.717) is 4.77 Å². The first-order valence-electron chi connectivity index (χ1n) is 3.27. The number of nitrogens with one attached hydrogen (secondary N) is 2. The SMILES string of the molecule is S=c1nc2n([nH]1)CCCN2. The van der Waals surface area contributed by atoms with Crippen LogP contribution >= 0.6 is 12.2 Å². The smallest absolute Gasteiger partial charge is 0.220 e. The van der Waals surface area contributed by atoms with E-state index in [1.807, 2.05) is 4.68 Å². The van der Waals surface area contributed by atoms with Gasteiger partial charge in [0.25, 0.3) is 0 Å². The number of rotatable bonds is 0. The van der Waals surface area contributed by atoms with Gasteiger partial charge in [0, 0.05) is 13.1 Å². The van der Waals surface area contributed by atoms with E-state index < -0.39 is 0 Å². The lowest BCUT2D eigenvalue weighted by molar-refractivity contribution is 0.564. The van der Waals surface area contributed by atoms with Crippen LogP contribution in [0.4, 0.5) is 5.95 Å². The lowest BCUT2D eigenvalue weighted by Crippen LogP contribution is -2.17. The van der Waals surface area contributed by atoms with Crippen molar-refractivity contribution in [2.24, 2.45) is 0 Å². The van der Waals surface area contributed by atoms with Crippen LogP contribution in [0.3, 0.4) is 0 Å². The number of hydrogen-bond donors (Lipinski definition) is 2. The highest BCUT2D eigenvalue weighted by Gasteiger charge is 2.07. The largest absolute Gasteiger partial charge is 0.354 e. The van der Waals surface area contributed by atoms with E-state index in [1.54, 1.807) is 0 Å². The first kappa shape index (κ1) is 5.91. The zero-order chi connectivity index (χ0) is 6.97. The molecule has 0 unspecified atom stereocenters. The molecule has 0 spiro atoms. The summed E-state index contributed by atoms with van der Waals surface area (Å²) in [5, 5.41) is 6.09. The average molecular weight is 156 g/mol. The van der Waals surface area contributed by atoms with Gasteiger partial charge in [-0.15, -0.1) is 0 Å². The van der Waals surface area contributed by atoms with E-state index in [0.717, 1.165) is 25.5 Å². The lowest BCUT2D eigenvalue weighted by atomic mass is 10.4. The fraction of sp³-hybridized carbons (Fsp3) is 0.600. The summed E-state index contributed by atoms with van der Waals surface area (Å²) >= 11 is 4.85. The van der Waals surface area contributed by atoms with Gasteiger partial charge in [0.05, 0.1) is 0 Å². The third kappa shape index (κ3) is 0.824. The van der Waals surface area contributed by atoms with E-state index in [2.05, 4.69) is 15.4 Å². The Morgan fingerprint density at radius 3 is 3.30 bits per heavy atom. The molecule has 1 aliphatic rings. The molecule has 0 bridgehead atoms. The zero-order valence-electron chi connectivity index (χ0n) is 5.42. The second kappa shape index (κ2) is 2.09. The standard InChI is InChI=1S/C5H8N4S/c10-5-7-4-6-2-1-3-9(4)8-5/h1-3H2,(H2,6,7,8,10). The Morgan fingerprint density at radius 2 is 2.50 bits per heavy atom. The van der Waals surface area contributed by atoms with E-state index in [9.17, 15) is 0 Å². The van der Waals surface area contributed by atoms with Crippen molar-refractivity contribution < 1.29 is 0 Å². The van der Waals surface area contributed by atoms with Crippen LogP contribution < -0.4 is 5.32 Å². The average Bonchev–Trinajstić information content (AvgIpc) is 2.27. The molecular weight excluding hydrogens is 148 g/mol. The van der Waals surface area contributed by atoms with Crippen LogP contribution in [-0.2, 0) is 6.54 Å². The summed E-state index contributed by atoms with van der Waals surface area (Å²) in [6.45, 7) is 1.99. The van der Waals surface area contributed by atoms with Gasteiger partial charge in [-0.3, -0.25) is 9.78 Å². The third-order valence-corrected chi connectivity index (χ3v) is 1.72. The summed E-state index contributed by atoms with van der Waals surface area (Å²) < 4.78 is 2.50. The predicted octanol–water partition coefficient (Wildman–Crippen LogP) is 0.756. The Kier molecular flexibility index (Phi) is 1.23. The minimum Gasteiger partial charge on any atom is -0.354 e. The van der Waals surface area contributed by atoms with Crippen LogP contribution in [-0.4, -0.2) is 21.3 Å². The maximum Gasteiger partial charge on any atom is 0.220 e. The van der Waals surface area contributed by atoms with Gasteiger partial charge < -0.3 is 5.32 Å². The molecule has 2 N–H and O–H groups in total. The van der Waals surface area contributed by atoms with Crippen molar-refractivity contribution in [3.63, 3.8) is 0 Å². The maximum atomic E-state index is 4.85. The number of aromatic nitrogens is 3. The van der Waals surface area contributed by atoms with Gasteiger partial charge in [-0.05, 0) is 18.6 Å². The minimum absolute atomic E-state index is 0.560.